The summed E-state index contributed by atoms with van der Waals surface area (Å²) in [5.41, 5.74) is 8.98. The van der Waals surface area contributed by atoms with E-state index in [0.717, 1.165) is 35.9 Å². The average molecular weight is 449 g/mol. The van der Waals surface area contributed by atoms with Gasteiger partial charge in [-0.3, -0.25) is 14.9 Å². The number of dihydropyridines is 1. The summed E-state index contributed by atoms with van der Waals surface area (Å²) in [5, 5.41) is 6.19. The van der Waals surface area contributed by atoms with Crippen molar-refractivity contribution in [1.29, 1.82) is 0 Å². The SMILES string of the molecule is Cc1cccc2nc(NC(=O)C3=CNC(C)C=C3)n(C3CCCCN(C(=O)/C=C/CN)C3)c12. The molecular weight excluding hydrogens is 416 g/mol. The fraction of sp³-hybridized carbons (Fsp3) is 0.400. The third kappa shape index (κ3) is 5.01. The van der Waals surface area contributed by atoms with E-state index >= 15 is 0 Å². The Balaban J connectivity index is 1.69. The Morgan fingerprint density at radius 2 is 2.18 bits per heavy atom. The lowest BCUT2D eigenvalue weighted by Crippen LogP contribution is -2.35. The number of likely N-dealkylation sites (tertiary alicyclic amines) is 1. The van der Waals surface area contributed by atoms with Gasteiger partial charge in [-0.05, 0) is 50.8 Å². The second kappa shape index (κ2) is 10.0. The van der Waals surface area contributed by atoms with Gasteiger partial charge in [-0.25, -0.2) is 4.98 Å². The van der Waals surface area contributed by atoms with Crippen LogP contribution >= 0.6 is 0 Å². The van der Waals surface area contributed by atoms with Crippen molar-refractivity contribution in [2.24, 2.45) is 5.73 Å². The number of carbonyl (C=O) groups is 2. The van der Waals surface area contributed by atoms with Gasteiger partial charge in [-0.1, -0.05) is 24.3 Å². The van der Waals surface area contributed by atoms with Crippen molar-refractivity contribution >= 4 is 28.8 Å². The summed E-state index contributed by atoms with van der Waals surface area (Å²) in [6.07, 6.45) is 11.6. The summed E-state index contributed by atoms with van der Waals surface area (Å²) in [6, 6.07) is 6.17. The summed E-state index contributed by atoms with van der Waals surface area (Å²) in [5.74, 6) is 0.262. The van der Waals surface area contributed by atoms with Crippen LogP contribution < -0.4 is 16.4 Å². The number of benzene rings is 1. The lowest BCUT2D eigenvalue weighted by Gasteiger charge is -2.26. The first-order chi connectivity index (χ1) is 16.0. The van der Waals surface area contributed by atoms with Gasteiger partial charge < -0.3 is 20.5 Å². The number of anilines is 1. The van der Waals surface area contributed by atoms with Crippen LogP contribution in [0.4, 0.5) is 5.95 Å². The molecule has 2 amide bonds. The van der Waals surface area contributed by atoms with Crippen molar-refractivity contribution in [2.75, 3.05) is 25.0 Å². The fourth-order valence-corrected chi connectivity index (χ4v) is 4.46. The number of hydrogen-bond donors (Lipinski definition) is 3. The number of nitrogens with zero attached hydrogens (tertiary/aromatic N) is 3. The average Bonchev–Trinajstić information content (AvgIpc) is 3.00. The number of aryl methyl sites for hydroxylation is 1. The summed E-state index contributed by atoms with van der Waals surface area (Å²) >= 11 is 0. The zero-order valence-electron chi connectivity index (χ0n) is 19.3. The molecule has 8 nitrogen and oxygen atoms in total. The molecule has 8 heteroatoms. The monoisotopic (exact) mass is 448 g/mol. The van der Waals surface area contributed by atoms with Gasteiger partial charge in [-0.2, -0.15) is 0 Å². The van der Waals surface area contributed by atoms with E-state index in [9.17, 15) is 9.59 Å². The number of rotatable bonds is 5. The minimum Gasteiger partial charge on any atom is -0.384 e. The quantitative estimate of drug-likeness (QED) is 0.610. The zero-order chi connectivity index (χ0) is 23.4. The van der Waals surface area contributed by atoms with Crippen molar-refractivity contribution in [1.82, 2.24) is 19.8 Å². The van der Waals surface area contributed by atoms with Crippen molar-refractivity contribution in [3.05, 3.63) is 59.8 Å². The molecule has 1 aromatic carbocycles. The maximum absolute atomic E-state index is 13.0. The molecule has 0 spiro atoms. The van der Waals surface area contributed by atoms with Gasteiger partial charge in [0.25, 0.3) is 5.91 Å². The zero-order valence-corrected chi connectivity index (χ0v) is 19.3. The van der Waals surface area contributed by atoms with E-state index in [1.54, 1.807) is 18.4 Å². The molecule has 1 fully saturated rings. The Morgan fingerprint density at radius 1 is 1.33 bits per heavy atom. The molecule has 4 rings (SSSR count). The van der Waals surface area contributed by atoms with E-state index in [4.69, 9.17) is 10.7 Å². The summed E-state index contributed by atoms with van der Waals surface area (Å²) in [6.45, 7) is 5.67. The largest absolute Gasteiger partial charge is 0.384 e. The van der Waals surface area contributed by atoms with Crippen LogP contribution in [-0.2, 0) is 9.59 Å². The molecule has 3 heterocycles. The molecule has 2 aliphatic heterocycles. The van der Waals surface area contributed by atoms with Gasteiger partial charge >= 0.3 is 0 Å². The molecule has 0 radical (unpaired) electrons. The minimum atomic E-state index is -0.215. The first kappa shape index (κ1) is 22.8. The highest BCUT2D eigenvalue weighted by Gasteiger charge is 2.27. The lowest BCUT2D eigenvalue weighted by molar-refractivity contribution is -0.126. The number of hydrogen-bond acceptors (Lipinski definition) is 5. The van der Waals surface area contributed by atoms with E-state index in [0.29, 0.717) is 31.2 Å². The molecule has 1 aromatic heterocycles. The minimum absolute atomic E-state index is 0.00171. The molecular formula is C25H32N6O2. The van der Waals surface area contributed by atoms with Gasteiger partial charge in [0.1, 0.15) is 0 Å². The smallest absolute Gasteiger partial charge is 0.259 e. The van der Waals surface area contributed by atoms with E-state index in [-0.39, 0.29) is 23.9 Å². The first-order valence-corrected chi connectivity index (χ1v) is 11.6. The Kier molecular flexibility index (Phi) is 6.93. The molecule has 1 saturated heterocycles. The van der Waals surface area contributed by atoms with E-state index in [1.165, 1.54) is 0 Å². The second-order valence-corrected chi connectivity index (χ2v) is 8.69. The van der Waals surface area contributed by atoms with Gasteiger partial charge in [0.05, 0.1) is 22.6 Å². The maximum Gasteiger partial charge on any atom is 0.259 e. The van der Waals surface area contributed by atoms with Crippen molar-refractivity contribution in [3.8, 4) is 0 Å². The molecule has 2 atom stereocenters. The number of fused-ring (bicyclic) bond motifs is 1. The topological polar surface area (TPSA) is 105 Å². The summed E-state index contributed by atoms with van der Waals surface area (Å²) in [4.78, 5) is 32.4. The molecule has 174 valence electrons. The van der Waals surface area contributed by atoms with Gasteiger partial charge in [0, 0.05) is 38.0 Å². The van der Waals surface area contributed by atoms with Crippen LogP contribution in [-0.4, -0.2) is 51.9 Å². The standard InChI is InChI=1S/C25H32N6O2/c1-17-7-5-9-21-23(17)31(20-8-3-4-14-30(16-20)22(32)10-6-13-26)25(28-21)29-24(33)19-12-11-18(2)27-15-19/h5-7,9-12,15,18,20,27H,3-4,8,13-14,16,26H2,1-2H3,(H,28,29,33)/b10-6+. The van der Waals surface area contributed by atoms with Crippen LogP contribution in [0.1, 0.15) is 37.8 Å². The highest BCUT2D eigenvalue weighted by molar-refractivity contribution is 6.05. The van der Waals surface area contributed by atoms with E-state index in [2.05, 4.69) is 15.2 Å². The Hall–Kier alpha value is -3.39. The first-order valence-electron chi connectivity index (χ1n) is 11.6. The molecule has 2 aromatic rings. The number of nitrogens with one attached hydrogen (secondary N) is 2. The van der Waals surface area contributed by atoms with Crippen LogP contribution in [0.15, 0.2) is 54.3 Å². The predicted octanol–water partition coefficient (Wildman–Crippen LogP) is 2.78. The van der Waals surface area contributed by atoms with Crippen LogP contribution in [0.3, 0.4) is 0 Å². The number of nitrogens with two attached hydrogens (primary N) is 1. The van der Waals surface area contributed by atoms with Gasteiger partial charge in [0.2, 0.25) is 11.9 Å². The molecule has 0 saturated carbocycles. The Bertz CT molecular complexity index is 1130. The summed E-state index contributed by atoms with van der Waals surface area (Å²) < 4.78 is 2.12. The van der Waals surface area contributed by atoms with Crippen molar-refractivity contribution in [2.45, 2.75) is 45.2 Å². The third-order valence-electron chi connectivity index (χ3n) is 6.19. The maximum atomic E-state index is 13.0. The highest BCUT2D eigenvalue weighted by Crippen LogP contribution is 2.32. The molecule has 0 aliphatic carbocycles. The van der Waals surface area contributed by atoms with Crippen LogP contribution in [0, 0.1) is 6.92 Å². The number of para-hydroxylation sites is 1. The summed E-state index contributed by atoms with van der Waals surface area (Å²) in [7, 11) is 0. The van der Waals surface area contributed by atoms with Gasteiger partial charge in [0.15, 0.2) is 0 Å². The van der Waals surface area contributed by atoms with Crippen LogP contribution in [0.2, 0.25) is 0 Å². The van der Waals surface area contributed by atoms with E-state index in [1.807, 2.05) is 49.1 Å². The number of carbonyl (C=O) groups excluding carboxylic acids is 2. The van der Waals surface area contributed by atoms with Crippen molar-refractivity contribution in [3.63, 3.8) is 0 Å². The van der Waals surface area contributed by atoms with Crippen molar-refractivity contribution < 1.29 is 9.59 Å². The Morgan fingerprint density at radius 3 is 2.94 bits per heavy atom. The normalized spacial score (nSPS) is 21.1. The highest BCUT2D eigenvalue weighted by atomic mass is 16.2. The van der Waals surface area contributed by atoms with Crippen LogP contribution in [0.25, 0.3) is 11.0 Å². The number of amides is 2. The second-order valence-electron chi connectivity index (χ2n) is 8.69. The molecule has 4 N–H and O–H groups in total. The number of imidazole rings is 1. The fourth-order valence-electron chi connectivity index (χ4n) is 4.46. The van der Waals surface area contributed by atoms with E-state index < -0.39 is 0 Å². The van der Waals surface area contributed by atoms with Gasteiger partial charge in [-0.15, -0.1) is 0 Å². The molecule has 33 heavy (non-hydrogen) atoms. The van der Waals surface area contributed by atoms with Crippen LogP contribution in [0.5, 0.6) is 0 Å². The molecule has 2 unspecified atom stereocenters. The Labute approximate surface area is 194 Å². The molecule has 2 aliphatic rings. The lowest BCUT2D eigenvalue weighted by atomic mass is 10.1. The molecule has 0 bridgehead atoms. The number of aromatic nitrogens is 2. The predicted molar refractivity (Wildman–Crippen MR) is 131 cm³/mol. The third-order valence-corrected chi connectivity index (χ3v) is 6.19.